The van der Waals surface area contributed by atoms with Crippen LogP contribution in [-0.2, 0) is 9.59 Å². The van der Waals surface area contributed by atoms with Crippen molar-refractivity contribution in [3.8, 4) is 5.75 Å². The Morgan fingerprint density at radius 2 is 1.90 bits per heavy atom. The summed E-state index contributed by atoms with van der Waals surface area (Å²) in [5.41, 5.74) is 1.11. The van der Waals surface area contributed by atoms with E-state index in [9.17, 15) is 9.59 Å². The van der Waals surface area contributed by atoms with Crippen LogP contribution >= 0.6 is 0 Å². The second kappa shape index (κ2) is 10.1. The van der Waals surface area contributed by atoms with E-state index in [1.807, 2.05) is 23.1 Å². The van der Waals surface area contributed by atoms with Crippen LogP contribution in [-0.4, -0.2) is 60.9 Å². The molecule has 3 rings (SSSR count). The third-order valence-electron chi connectivity index (χ3n) is 6.46. The first-order valence-electron chi connectivity index (χ1n) is 11.0. The Kier molecular flexibility index (Phi) is 7.53. The molecule has 0 radical (unpaired) electrons. The number of likely N-dealkylation sites (tertiary alicyclic amines) is 2. The number of nitrogens with zero attached hydrogens (tertiary/aromatic N) is 2. The molecule has 1 N–H and O–H groups in total. The number of ether oxygens (including phenoxy) is 1. The quantitative estimate of drug-likeness (QED) is 0.691. The first-order valence-corrected chi connectivity index (χ1v) is 11.0. The van der Waals surface area contributed by atoms with E-state index in [4.69, 9.17) is 4.74 Å². The van der Waals surface area contributed by atoms with Crippen molar-refractivity contribution in [2.75, 3.05) is 33.3 Å². The molecule has 6 heteroatoms. The fourth-order valence-corrected chi connectivity index (χ4v) is 4.76. The minimum absolute atomic E-state index is 0.00842. The van der Waals surface area contributed by atoms with Gasteiger partial charge in [-0.2, -0.15) is 0 Å². The monoisotopic (exact) mass is 401 g/mol. The van der Waals surface area contributed by atoms with E-state index >= 15 is 0 Å². The van der Waals surface area contributed by atoms with Crippen LogP contribution in [0.3, 0.4) is 0 Å². The zero-order valence-corrected chi connectivity index (χ0v) is 18.0. The third kappa shape index (κ3) is 4.92. The minimum Gasteiger partial charge on any atom is -0.496 e. The maximum Gasteiger partial charge on any atom is 0.225 e. The van der Waals surface area contributed by atoms with Gasteiger partial charge in [-0.1, -0.05) is 32.0 Å². The second-order valence-electron chi connectivity index (χ2n) is 8.16. The van der Waals surface area contributed by atoms with Crippen molar-refractivity contribution in [2.45, 2.75) is 58.0 Å². The van der Waals surface area contributed by atoms with Crippen molar-refractivity contribution < 1.29 is 14.3 Å². The van der Waals surface area contributed by atoms with Crippen LogP contribution in [0, 0.1) is 5.92 Å². The number of nitrogens with one attached hydrogen (secondary N) is 1. The minimum atomic E-state index is -0.250. The lowest BCUT2D eigenvalue weighted by molar-refractivity contribution is -0.130. The molecular weight excluding hydrogens is 366 g/mol. The number of methoxy groups -OCH3 is 1. The number of hydrogen-bond donors (Lipinski definition) is 1. The molecule has 160 valence electrons. The fourth-order valence-electron chi connectivity index (χ4n) is 4.76. The van der Waals surface area contributed by atoms with Gasteiger partial charge in [-0.3, -0.25) is 14.5 Å². The Labute approximate surface area is 174 Å². The summed E-state index contributed by atoms with van der Waals surface area (Å²) < 4.78 is 5.58. The molecule has 29 heavy (non-hydrogen) atoms. The van der Waals surface area contributed by atoms with Crippen LogP contribution in [0.15, 0.2) is 24.3 Å². The molecule has 6 nitrogen and oxygen atoms in total. The lowest BCUT2D eigenvalue weighted by Crippen LogP contribution is -2.41. The van der Waals surface area contributed by atoms with E-state index in [1.54, 1.807) is 7.11 Å². The number of amides is 2. The lowest BCUT2D eigenvalue weighted by atomic mass is 10.0. The SMILES string of the molecule is CCC(CC)N1CC(C(=O)NCC(c2ccccc2OC)N2CCCC2)CC1=O. The number of carbonyl (C=O) groups is 2. The maximum absolute atomic E-state index is 12.9. The van der Waals surface area contributed by atoms with Crippen LogP contribution in [0.2, 0.25) is 0 Å². The van der Waals surface area contributed by atoms with Gasteiger partial charge < -0.3 is 15.0 Å². The molecule has 0 aromatic heterocycles. The molecule has 2 amide bonds. The lowest BCUT2D eigenvalue weighted by Gasteiger charge is -2.30. The zero-order chi connectivity index (χ0) is 20.8. The first kappa shape index (κ1) is 21.6. The highest BCUT2D eigenvalue weighted by molar-refractivity contribution is 5.89. The summed E-state index contributed by atoms with van der Waals surface area (Å²) in [6, 6.07) is 8.38. The Morgan fingerprint density at radius 3 is 2.55 bits per heavy atom. The molecule has 2 saturated heterocycles. The third-order valence-corrected chi connectivity index (χ3v) is 6.46. The molecule has 0 saturated carbocycles. The van der Waals surface area contributed by atoms with Gasteiger partial charge >= 0.3 is 0 Å². The van der Waals surface area contributed by atoms with Gasteiger partial charge in [-0.05, 0) is 44.8 Å². The van der Waals surface area contributed by atoms with Gasteiger partial charge in [0.05, 0.1) is 19.1 Å². The molecule has 2 aliphatic rings. The standard InChI is InChI=1S/C23H35N3O3/c1-4-18(5-2)26-16-17(14-22(26)27)23(28)24-15-20(25-12-8-9-13-25)19-10-6-7-11-21(19)29-3/h6-7,10-11,17-18,20H,4-5,8-9,12-16H2,1-3H3,(H,24,28). The molecule has 2 aliphatic heterocycles. The summed E-state index contributed by atoms with van der Waals surface area (Å²) in [6.07, 6.45) is 4.55. The first-order chi connectivity index (χ1) is 14.1. The van der Waals surface area contributed by atoms with Crippen LogP contribution in [0.1, 0.15) is 57.6 Å². The average Bonchev–Trinajstić information content (AvgIpc) is 3.40. The largest absolute Gasteiger partial charge is 0.496 e. The van der Waals surface area contributed by atoms with E-state index in [0.29, 0.717) is 19.5 Å². The summed E-state index contributed by atoms with van der Waals surface area (Å²) in [7, 11) is 1.69. The number of rotatable bonds is 9. The number of carbonyl (C=O) groups excluding carboxylic acids is 2. The van der Waals surface area contributed by atoms with Crippen LogP contribution < -0.4 is 10.1 Å². The molecule has 0 aliphatic carbocycles. The predicted octanol–water partition coefficient (Wildman–Crippen LogP) is 2.99. The summed E-state index contributed by atoms with van der Waals surface area (Å²) in [4.78, 5) is 29.7. The fraction of sp³-hybridized carbons (Fsp3) is 0.652. The average molecular weight is 402 g/mol. The smallest absolute Gasteiger partial charge is 0.225 e. The topological polar surface area (TPSA) is 61.9 Å². The van der Waals surface area contributed by atoms with Gasteiger partial charge in [0.15, 0.2) is 0 Å². The normalized spacial score (nSPS) is 21.0. The van der Waals surface area contributed by atoms with Crippen LogP contribution in [0.5, 0.6) is 5.75 Å². The summed E-state index contributed by atoms with van der Waals surface area (Å²) >= 11 is 0. The Hall–Kier alpha value is -2.08. The van der Waals surface area contributed by atoms with E-state index in [-0.39, 0.29) is 29.8 Å². The van der Waals surface area contributed by atoms with Crippen molar-refractivity contribution in [1.29, 1.82) is 0 Å². The molecule has 0 spiro atoms. The summed E-state index contributed by atoms with van der Waals surface area (Å²) in [5.74, 6) is 0.708. The van der Waals surface area contributed by atoms with Crippen molar-refractivity contribution in [2.24, 2.45) is 5.92 Å². The Morgan fingerprint density at radius 1 is 1.21 bits per heavy atom. The molecule has 1 aromatic rings. The highest BCUT2D eigenvalue weighted by Gasteiger charge is 2.37. The van der Waals surface area contributed by atoms with Gasteiger partial charge in [0, 0.05) is 31.1 Å². The van der Waals surface area contributed by atoms with Gasteiger partial charge in [0.1, 0.15) is 5.75 Å². The van der Waals surface area contributed by atoms with E-state index in [2.05, 4.69) is 30.1 Å². The van der Waals surface area contributed by atoms with Crippen molar-refractivity contribution in [1.82, 2.24) is 15.1 Å². The molecule has 2 atom stereocenters. The molecule has 2 unspecified atom stereocenters. The van der Waals surface area contributed by atoms with Gasteiger partial charge in [-0.15, -0.1) is 0 Å². The van der Waals surface area contributed by atoms with Gasteiger partial charge in [0.2, 0.25) is 11.8 Å². The van der Waals surface area contributed by atoms with Crippen molar-refractivity contribution in [3.63, 3.8) is 0 Å². The maximum atomic E-state index is 12.9. The molecular formula is C23H35N3O3. The second-order valence-corrected chi connectivity index (χ2v) is 8.16. The number of hydrogen-bond acceptors (Lipinski definition) is 4. The van der Waals surface area contributed by atoms with Crippen molar-refractivity contribution >= 4 is 11.8 Å². The summed E-state index contributed by atoms with van der Waals surface area (Å²) in [6.45, 7) is 7.34. The van der Waals surface area contributed by atoms with Gasteiger partial charge in [0.25, 0.3) is 0 Å². The van der Waals surface area contributed by atoms with E-state index in [1.165, 1.54) is 12.8 Å². The summed E-state index contributed by atoms with van der Waals surface area (Å²) in [5, 5.41) is 3.15. The predicted molar refractivity (Wildman–Crippen MR) is 114 cm³/mol. The highest BCUT2D eigenvalue weighted by Crippen LogP contribution is 2.31. The Bertz CT molecular complexity index is 698. The van der Waals surface area contributed by atoms with E-state index in [0.717, 1.165) is 37.2 Å². The highest BCUT2D eigenvalue weighted by atomic mass is 16.5. The molecule has 0 bridgehead atoms. The van der Waals surface area contributed by atoms with Crippen molar-refractivity contribution in [3.05, 3.63) is 29.8 Å². The van der Waals surface area contributed by atoms with Crippen LogP contribution in [0.4, 0.5) is 0 Å². The van der Waals surface area contributed by atoms with Gasteiger partial charge in [-0.25, -0.2) is 0 Å². The zero-order valence-electron chi connectivity index (χ0n) is 18.0. The number of benzene rings is 1. The molecule has 2 fully saturated rings. The van der Waals surface area contributed by atoms with Crippen LogP contribution in [0.25, 0.3) is 0 Å². The Balaban J connectivity index is 1.66. The molecule has 1 aromatic carbocycles. The molecule has 2 heterocycles. The number of para-hydroxylation sites is 1. The van der Waals surface area contributed by atoms with E-state index < -0.39 is 0 Å².